The first-order chi connectivity index (χ1) is 9.10. The van der Waals surface area contributed by atoms with E-state index in [-0.39, 0.29) is 74.2 Å². The van der Waals surface area contributed by atoms with Crippen LogP contribution in [0.15, 0.2) is 36.4 Å². The zero-order chi connectivity index (χ0) is 14.7. The summed E-state index contributed by atoms with van der Waals surface area (Å²) in [6.07, 6.45) is 2.33. The van der Waals surface area contributed by atoms with Gasteiger partial charge < -0.3 is 48.0 Å². The van der Waals surface area contributed by atoms with Gasteiger partial charge in [-0.15, -0.1) is 0 Å². The summed E-state index contributed by atoms with van der Waals surface area (Å²) in [6.45, 7) is 13.1. The van der Waals surface area contributed by atoms with Gasteiger partial charge in [0.1, 0.15) is 0 Å². The molecule has 0 aliphatic carbocycles. The molecule has 0 N–H and O–H groups in total. The van der Waals surface area contributed by atoms with Gasteiger partial charge in [0.15, 0.2) is 0 Å². The van der Waals surface area contributed by atoms with Crippen LogP contribution in [0, 0.1) is 13.8 Å². The Kier molecular flexibility index (Phi) is 28.7. The Bertz CT molecular complexity index is 395. The average Bonchev–Trinajstić information content (AvgIpc) is 2.99. The van der Waals surface area contributed by atoms with Crippen molar-refractivity contribution in [1.29, 1.82) is 0 Å². The Hall–Kier alpha value is 1.26. The minimum atomic E-state index is 0. The molecule has 0 aromatic heterocycles. The monoisotopic (exact) mass is 617 g/mol. The van der Waals surface area contributed by atoms with E-state index in [1.54, 1.807) is 0 Å². The van der Waals surface area contributed by atoms with Gasteiger partial charge in [-0.05, 0) is 0 Å². The SMILES string of the molecule is CC[c-]1cccc1C.CC[c-]1cccc1C.C[SiH]C.[I-].[I-].[Zr+4]. The van der Waals surface area contributed by atoms with E-state index in [0.29, 0.717) is 0 Å². The van der Waals surface area contributed by atoms with Crippen LogP contribution < -0.4 is 48.0 Å². The van der Waals surface area contributed by atoms with Crippen LogP contribution in [-0.2, 0) is 39.0 Å². The second-order valence-corrected chi connectivity index (χ2v) is 5.91. The molecule has 0 fully saturated rings. The summed E-state index contributed by atoms with van der Waals surface area (Å²) in [7, 11) is 0.750. The standard InChI is InChI=1S/2C8H11.C2H7Si.2HI.Zr/c2*1-3-8-6-4-5-7(8)2;1-3-2;;;/h2*4-6H,3H2,1-2H3;3H,1-2H3;2*1H;/q2*-1;;;;+4/p-2. The van der Waals surface area contributed by atoms with Crippen molar-refractivity contribution >= 4 is 9.52 Å². The molecule has 0 bridgehead atoms. The molecule has 0 amide bonds. The number of hydrogen-bond acceptors (Lipinski definition) is 0. The van der Waals surface area contributed by atoms with Gasteiger partial charge in [0, 0.05) is 9.52 Å². The summed E-state index contributed by atoms with van der Waals surface area (Å²) in [6, 6.07) is 12.9. The van der Waals surface area contributed by atoms with Crippen LogP contribution in [0.2, 0.25) is 13.1 Å². The van der Waals surface area contributed by atoms with Gasteiger partial charge in [-0.25, -0.2) is 24.3 Å². The third kappa shape index (κ3) is 13.7. The largest absolute Gasteiger partial charge is 4.00 e. The van der Waals surface area contributed by atoms with Crippen molar-refractivity contribution in [2.45, 2.75) is 53.6 Å². The molecule has 0 unspecified atom stereocenters. The van der Waals surface area contributed by atoms with E-state index in [9.17, 15) is 0 Å². The van der Waals surface area contributed by atoms with Crippen molar-refractivity contribution in [1.82, 2.24) is 0 Å². The molecular weight excluding hydrogens is 589 g/mol. The van der Waals surface area contributed by atoms with Crippen LogP contribution in [0.5, 0.6) is 0 Å². The van der Waals surface area contributed by atoms with E-state index < -0.39 is 0 Å². The first kappa shape index (κ1) is 31.1. The van der Waals surface area contributed by atoms with E-state index in [1.165, 1.54) is 35.1 Å². The van der Waals surface area contributed by atoms with Gasteiger partial charge in [0.2, 0.25) is 0 Å². The van der Waals surface area contributed by atoms with Crippen molar-refractivity contribution in [2.75, 3.05) is 0 Å². The Morgan fingerprint density at radius 1 is 0.818 bits per heavy atom. The Morgan fingerprint density at radius 3 is 1.18 bits per heavy atom. The molecule has 0 spiro atoms. The molecule has 2 aromatic rings. The van der Waals surface area contributed by atoms with E-state index in [4.69, 9.17) is 0 Å². The summed E-state index contributed by atoms with van der Waals surface area (Å²) in [5.41, 5.74) is 5.80. The molecule has 0 heterocycles. The fourth-order valence-corrected chi connectivity index (χ4v) is 1.89. The molecule has 0 saturated heterocycles. The molecule has 1 radical (unpaired) electrons. The van der Waals surface area contributed by atoms with Crippen molar-refractivity contribution in [3.8, 4) is 0 Å². The van der Waals surface area contributed by atoms with Crippen molar-refractivity contribution < 1.29 is 74.2 Å². The maximum Gasteiger partial charge on any atom is 4.00 e. The third-order valence-electron chi connectivity index (χ3n) is 3.06. The van der Waals surface area contributed by atoms with Crippen LogP contribution in [-0.4, -0.2) is 9.52 Å². The van der Waals surface area contributed by atoms with Crippen molar-refractivity contribution in [3.05, 3.63) is 58.7 Å². The Labute approximate surface area is 194 Å². The normalized spacial score (nSPS) is 7.91. The van der Waals surface area contributed by atoms with Gasteiger partial charge in [-0.3, -0.25) is 0 Å². The molecule has 0 aliphatic heterocycles. The van der Waals surface area contributed by atoms with Crippen molar-refractivity contribution in [2.24, 2.45) is 0 Å². The molecular formula is C18H29I2SiZr. The van der Waals surface area contributed by atoms with E-state index in [2.05, 4.69) is 77.2 Å². The zero-order valence-electron chi connectivity index (χ0n) is 14.7. The van der Waals surface area contributed by atoms with Crippen LogP contribution in [0.1, 0.15) is 36.1 Å². The summed E-state index contributed by atoms with van der Waals surface area (Å²) < 4.78 is 0. The topological polar surface area (TPSA) is 0 Å². The van der Waals surface area contributed by atoms with Crippen LogP contribution >= 0.6 is 0 Å². The Morgan fingerprint density at radius 2 is 1.09 bits per heavy atom. The molecule has 0 saturated carbocycles. The van der Waals surface area contributed by atoms with E-state index in [0.717, 1.165) is 9.52 Å². The summed E-state index contributed by atoms with van der Waals surface area (Å²) in [4.78, 5) is 0. The molecule has 2 rings (SSSR count). The second-order valence-electron chi connectivity index (χ2n) is 4.75. The molecule has 0 nitrogen and oxygen atoms in total. The zero-order valence-corrected chi connectivity index (χ0v) is 22.6. The summed E-state index contributed by atoms with van der Waals surface area (Å²) in [5.74, 6) is 0. The minimum absolute atomic E-state index is 0. The van der Waals surface area contributed by atoms with Gasteiger partial charge in [0.05, 0.1) is 0 Å². The number of rotatable bonds is 2. The van der Waals surface area contributed by atoms with Gasteiger partial charge in [-0.1, -0.05) is 53.6 Å². The van der Waals surface area contributed by atoms with Crippen LogP contribution in [0.4, 0.5) is 0 Å². The molecule has 0 atom stereocenters. The van der Waals surface area contributed by atoms with E-state index >= 15 is 0 Å². The molecule has 22 heavy (non-hydrogen) atoms. The third-order valence-corrected chi connectivity index (χ3v) is 3.06. The van der Waals surface area contributed by atoms with Gasteiger partial charge in [-0.2, -0.15) is 34.4 Å². The number of aryl methyl sites for hydroxylation is 4. The molecule has 123 valence electrons. The Balaban J connectivity index is -0.000000112. The predicted molar refractivity (Wildman–Crippen MR) is 91.2 cm³/mol. The average molecular weight is 619 g/mol. The first-order valence-corrected chi connectivity index (χ1v) is 9.57. The molecule has 2 aromatic carbocycles. The predicted octanol–water partition coefficient (Wildman–Crippen LogP) is -0.923. The second kappa shape index (κ2) is 20.3. The number of halogens is 2. The number of hydrogen-bond donors (Lipinski definition) is 0. The fraction of sp³-hybridized carbons (Fsp3) is 0.444. The van der Waals surface area contributed by atoms with Crippen LogP contribution in [0.25, 0.3) is 0 Å². The minimum Gasteiger partial charge on any atom is -1.00 e. The summed E-state index contributed by atoms with van der Waals surface area (Å²) >= 11 is 0. The quantitative estimate of drug-likeness (QED) is 0.232. The van der Waals surface area contributed by atoms with Crippen LogP contribution in [0.3, 0.4) is 0 Å². The van der Waals surface area contributed by atoms with Crippen molar-refractivity contribution in [3.63, 3.8) is 0 Å². The maximum absolute atomic E-state index is 2.21. The maximum atomic E-state index is 2.21. The molecule has 4 heteroatoms. The molecule has 0 aliphatic rings. The smallest absolute Gasteiger partial charge is 1.00 e. The summed E-state index contributed by atoms with van der Waals surface area (Å²) in [5, 5.41) is 0. The fourth-order valence-electron chi connectivity index (χ4n) is 1.89. The first-order valence-electron chi connectivity index (χ1n) is 7.26. The van der Waals surface area contributed by atoms with E-state index in [1.807, 2.05) is 0 Å². The van der Waals surface area contributed by atoms with Gasteiger partial charge >= 0.3 is 26.2 Å². The van der Waals surface area contributed by atoms with Gasteiger partial charge in [0.25, 0.3) is 0 Å².